The fraction of sp³-hybridized carbons (Fsp3) is 0.933. The maximum Gasteiger partial charge on any atom is 0.222 e. The van der Waals surface area contributed by atoms with E-state index in [4.69, 9.17) is 4.74 Å². The number of carbonyl (C=O) groups excluding carboxylic acids is 1. The third-order valence-corrected chi connectivity index (χ3v) is 2.86. The Bertz CT molecular complexity index is 203. The highest BCUT2D eigenvalue weighted by Crippen LogP contribution is 2.06. The molecule has 0 unspecified atom stereocenters. The minimum absolute atomic E-state index is 0.0854. The molecule has 1 amide bonds. The number of ether oxygens (including phenoxy) is 1. The van der Waals surface area contributed by atoms with Crippen molar-refractivity contribution in [3.05, 3.63) is 0 Å². The van der Waals surface area contributed by atoms with Crippen LogP contribution in [0, 0.1) is 11.8 Å². The zero-order valence-electron chi connectivity index (χ0n) is 12.6. The molecule has 1 N–H and O–H groups in total. The number of amides is 1. The van der Waals surface area contributed by atoms with E-state index in [2.05, 4.69) is 19.2 Å². The Labute approximate surface area is 113 Å². The van der Waals surface area contributed by atoms with Crippen LogP contribution in [-0.2, 0) is 9.53 Å². The Kier molecular flexibility index (Phi) is 11.2. The molecular weight excluding hydrogens is 226 g/mol. The Hall–Kier alpha value is -0.570. The summed E-state index contributed by atoms with van der Waals surface area (Å²) >= 11 is 0. The van der Waals surface area contributed by atoms with Crippen LogP contribution >= 0.6 is 0 Å². The highest BCUT2D eigenvalue weighted by Gasteiger charge is 2.04. The molecule has 0 fully saturated rings. The maximum atomic E-state index is 11.3. The normalized spacial score (nSPS) is 11.2. The summed E-state index contributed by atoms with van der Waals surface area (Å²) < 4.78 is 5.56. The number of rotatable bonds is 11. The van der Waals surface area contributed by atoms with E-state index in [-0.39, 0.29) is 11.8 Å². The van der Waals surface area contributed by atoms with E-state index in [1.165, 1.54) is 19.3 Å². The van der Waals surface area contributed by atoms with Gasteiger partial charge in [-0.15, -0.1) is 0 Å². The molecule has 0 aromatic heterocycles. The van der Waals surface area contributed by atoms with Gasteiger partial charge >= 0.3 is 0 Å². The molecule has 0 atom stereocenters. The Morgan fingerprint density at radius 3 is 2.17 bits per heavy atom. The third kappa shape index (κ3) is 11.9. The summed E-state index contributed by atoms with van der Waals surface area (Å²) in [6.07, 6.45) is 5.77. The lowest BCUT2D eigenvalue weighted by atomic mass is 10.1. The molecule has 3 heteroatoms. The van der Waals surface area contributed by atoms with Gasteiger partial charge in [0.25, 0.3) is 0 Å². The lowest BCUT2D eigenvalue weighted by molar-refractivity contribution is -0.123. The standard InChI is InChI=1S/C15H31NO2/c1-13(2)9-5-7-11-18-12-8-6-10-16-15(17)14(3)4/h13-14H,5-12H2,1-4H3,(H,16,17). The lowest BCUT2D eigenvalue weighted by Gasteiger charge is -2.08. The fourth-order valence-electron chi connectivity index (χ4n) is 1.60. The van der Waals surface area contributed by atoms with Crippen molar-refractivity contribution in [3.63, 3.8) is 0 Å². The van der Waals surface area contributed by atoms with Gasteiger partial charge in [0, 0.05) is 25.7 Å². The molecule has 0 saturated heterocycles. The minimum atomic E-state index is 0.0854. The molecule has 0 radical (unpaired) electrons. The molecular formula is C15H31NO2. The molecule has 0 aliphatic heterocycles. The minimum Gasteiger partial charge on any atom is -0.381 e. The van der Waals surface area contributed by atoms with Gasteiger partial charge in [-0.1, -0.05) is 40.5 Å². The molecule has 0 heterocycles. The molecule has 0 aromatic rings. The first kappa shape index (κ1) is 17.4. The van der Waals surface area contributed by atoms with Crippen LogP contribution in [0.25, 0.3) is 0 Å². The van der Waals surface area contributed by atoms with Crippen molar-refractivity contribution >= 4 is 5.91 Å². The zero-order valence-corrected chi connectivity index (χ0v) is 12.6. The van der Waals surface area contributed by atoms with Crippen molar-refractivity contribution in [1.82, 2.24) is 5.32 Å². The quantitative estimate of drug-likeness (QED) is 0.576. The van der Waals surface area contributed by atoms with Crippen molar-refractivity contribution in [3.8, 4) is 0 Å². The van der Waals surface area contributed by atoms with Crippen molar-refractivity contribution in [2.45, 2.75) is 59.8 Å². The zero-order chi connectivity index (χ0) is 13.8. The first-order chi connectivity index (χ1) is 8.54. The second kappa shape index (κ2) is 11.5. The average Bonchev–Trinajstić information content (AvgIpc) is 2.30. The summed E-state index contributed by atoms with van der Waals surface area (Å²) in [5.74, 6) is 1.03. The number of hydrogen-bond acceptors (Lipinski definition) is 2. The van der Waals surface area contributed by atoms with E-state index in [9.17, 15) is 4.79 Å². The molecule has 18 heavy (non-hydrogen) atoms. The summed E-state index contributed by atoms with van der Waals surface area (Å²) in [5.41, 5.74) is 0. The summed E-state index contributed by atoms with van der Waals surface area (Å²) in [6.45, 7) is 10.8. The fourth-order valence-corrected chi connectivity index (χ4v) is 1.60. The average molecular weight is 257 g/mol. The van der Waals surface area contributed by atoms with Gasteiger partial charge < -0.3 is 10.1 Å². The van der Waals surface area contributed by atoms with Crippen LogP contribution < -0.4 is 5.32 Å². The van der Waals surface area contributed by atoms with E-state index >= 15 is 0 Å². The molecule has 0 aromatic carbocycles. The van der Waals surface area contributed by atoms with Crippen LogP contribution in [0.3, 0.4) is 0 Å². The number of hydrogen-bond donors (Lipinski definition) is 1. The molecule has 0 rings (SSSR count). The van der Waals surface area contributed by atoms with Crippen LogP contribution in [0.4, 0.5) is 0 Å². The third-order valence-electron chi connectivity index (χ3n) is 2.86. The van der Waals surface area contributed by atoms with E-state index in [1.807, 2.05) is 13.8 Å². The van der Waals surface area contributed by atoms with Crippen molar-refractivity contribution in [2.75, 3.05) is 19.8 Å². The van der Waals surface area contributed by atoms with E-state index < -0.39 is 0 Å². The first-order valence-electron chi connectivity index (χ1n) is 7.39. The van der Waals surface area contributed by atoms with Crippen molar-refractivity contribution < 1.29 is 9.53 Å². The van der Waals surface area contributed by atoms with Gasteiger partial charge in [0.15, 0.2) is 0 Å². The summed E-state index contributed by atoms with van der Waals surface area (Å²) in [7, 11) is 0. The van der Waals surface area contributed by atoms with Crippen LogP contribution in [0.2, 0.25) is 0 Å². The van der Waals surface area contributed by atoms with Crippen molar-refractivity contribution in [1.29, 1.82) is 0 Å². The second-order valence-corrected chi connectivity index (χ2v) is 5.65. The highest BCUT2D eigenvalue weighted by molar-refractivity contribution is 5.77. The Balaban J connectivity index is 3.10. The van der Waals surface area contributed by atoms with Gasteiger partial charge in [0.1, 0.15) is 0 Å². The van der Waals surface area contributed by atoms with Crippen LogP contribution in [0.5, 0.6) is 0 Å². The number of carbonyl (C=O) groups is 1. The lowest BCUT2D eigenvalue weighted by Crippen LogP contribution is -2.28. The molecule has 3 nitrogen and oxygen atoms in total. The Morgan fingerprint density at radius 1 is 1.00 bits per heavy atom. The molecule has 108 valence electrons. The summed E-state index contributed by atoms with van der Waals surface area (Å²) in [4.78, 5) is 11.3. The molecule has 0 aliphatic rings. The van der Waals surface area contributed by atoms with Gasteiger partial charge in [-0.05, 0) is 25.2 Å². The number of unbranched alkanes of at least 4 members (excludes halogenated alkanes) is 2. The van der Waals surface area contributed by atoms with Gasteiger partial charge in [0.2, 0.25) is 5.91 Å². The molecule has 0 saturated carbocycles. The van der Waals surface area contributed by atoms with Crippen LogP contribution in [0.15, 0.2) is 0 Å². The topological polar surface area (TPSA) is 38.3 Å². The predicted octanol–water partition coefficient (Wildman–Crippen LogP) is 3.38. The largest absolute Gasteiger partial charge is 0.381 e. The Morgan fingerprint density at radius 2 is 1.61 bits per heavy atom. The smallest absolute Gasteiger partial charge is 0.222 e. The predicted molar refractivity (Wildman–Crippen MR) is 76.6 cm³/mol. The van der Waals surface area contributed by atoms with Crippen LogP contribution in [0.1, 0.15) is 59.8 Å². The summed E-state index contributed by atoms with van der Waals surface area (Å²) in [5, 5.41) is 2.91. The van der Waals surface area contributed by atoms with Crippen molar-refractivity contribution in [2.24, 2.45) is 11.8 Å². The highest BCUT2D eigenvalue weighted by atomic mass is 16.5. The maximum absolute atomic E-state index is 11.3. The van der Waals surface area contributed by atoms with E-state index in [0.29, 0.717) is 0 Å². The van der Waals surface area contributed by atoms with Crippen LogP contribution in [-0.4, -0.2) is 25.7 Å². The van der Waals surface area contributed by atoms with E-state index in [0.717, 1.165) is 38.5 Å². The first-order valence-corrected chi connectivity index (χ1v) is 7.39. The van der Waals surface area contributed by atoms with Gasteiger partial charge in [0.05, 0.1) is 0 Å². The molecule has 0 bridgehead atoms. The van der Waals surface area contributed by atoms with Gasteiger partial charge in [-0.25, -0.2) is 0 Å². The van der Waals surface area contributed by atoms with Gasteiger partial charge in [-0.3, -0.25) is 4.79 Å². The monoisotopic (exact) mass is 257 g/mol. The SMILES string of the molecule is CC(C)CCCCOCCCCNC(=O)C(C)C. The van der Waals surface area contributed by atoms with E-state index in [1.54, 1.807) is 0 Å². The van der Waals surface area contributed by atoms with Gasteiger partial charge in [-0.2, -0.15) is 0 Å². The second-order valence-electron chi connectivity index (χ2n) is 5.65. The number of nitrogens with one attached hydrogen (secondary N) is 1. The molecule has 0 spiro atoms. The summed E-state index contributed by atoms with van der Waals surface area (Å²) in [6, 6.07) is 0. The molecule has 0 aliphatic carbocycles.